The van der Waals surface area contributed by atoms with Crippen LogP contribution in [0.5, 0.6) is 11.5 Å². The van der Waals surface area contributed by atoms with E-state index in [1.54, 1.807) is 38.5 Å². The number of hydrogen-bond acceptors (Lipinski definition) is 4. The van der Waals surface area contributed by atoms with Gasteiger partial charge in [0, 0.05) is 6.54 Å². The number of benzene rings is 2. The Hall–Kier alpha value is -2.82. The molecule has 2 amide bonds. The van der Waals surface area contributed by atoms with Crippen LogP contribution in [0, 0.1) is 0 Å². The van der Waals surface area contributed by atoms with Gasteiger partial charge < -0.3 is 9.47 Å². The molecule has 0 spiro atoms. The summed E-state index contributed by atoms with van der Waals surface area (Å²) >= 11 is 0. The lowest BCUT2D eigenvalue weighted by molar-refractivity contribution is 0.0656. The molecule has 5 nitrogen and oxygen atoms in total. The van der Waals surface area contributed by atoms with Gasteiger partial charge in [0.2, 0.25) is 0 Å². The Balaban J connectivity index is 1.80. The minimum atomic E-state index is -0.243. The molecule has 2 aromatic rings. The highest BCUT2D eigenvalue weighted by Crippen LogP contribution is 2.31. The number of amides is 2. The van der Waals surface area contributed by atoms with Gasteiger partial charge in [-0.1, -0.05) is 24.3 Å². The molecule has 0 saturated heterocycles. The van der Waals surface area contributed by atoms with Gasteiger partial charge in [0.1, 0.15) is 0 Å². The third kappa shape index (κ3) is 2.54. The molecule has 1 aliphatic heterocycles. The van der Waals surface area contributed by atoms with Gasteiger partial charge in [-0.25, -0.2) is 0 Å². The van der Waals surface area contributed by atoms with Crippen molar-refractivity contribution < 1.29 is 19.1 Å². The molecule has 23 heavy (non-hydrogen) atoms. The first-order valence-corrected chi connectivity index (χ1v) is 7.32. The monoisotopic (exact) mass is 311 g/mol. The Labute approximate surface area is 134 Å². The second-order valence-corrected chi connectivity index (χ2v) is 5.21. The average molecular weight is 311 g/mol. The van der Waals surface area contributed by atoms with Crippen LogP contribution in [-0.2, 0) is 6.42 Å². The van der Waals surface area contributed by atoms with Crippen LogP contribution in [-0.4, -0.2) is 37.5 Å². The quantitative estimate of drug-likeness (QED) is 0.796. The van der Waals surface area contributed by atoms with Crippen molar-refractivity contribution in [2.75, 3.05) is 20.8 Å². The normalized spacial score (nSPS) is 13.2. The topological polar surface area (TPSA) is 55.8 Å². The first-order valence-electron chi connectivity index (χ1n) is 7.32. The van der Waals surface area contributed by atoms with Crippen LogP contribution in [0.4, 0.5) is 0 Å². The number of fused-ring (bicyclic) bond motifs is 1. The van der Waals surface area contributed by atoms with Crippen LogP contribution >= 0.6 is 0 Å². The number of para-hydroxylation sites is 1. The Bertz CT molecular complexity index is 734. The smallest absolute Gasteiger partial charge is 0.261 e. The van der Waals surface area contributed by atoms with Gasteiger partial charge in [0.05, 0.1) is 25.3 Å². The molecule has 1 heterocycles. The second-order valence-electron chi connectivity index (χ2n) is 5.21. The molecule has 0 bridgehead atoms. The SMILES string of the molecule is COc1cccc(CCN2C(=O)c3ccccc3C2=O)c1OC. The molecule has 118 valence electrons. The third-order valence-corrected chi connectivity index (χ3v) is 3.97. The van der Waals surface area contributed by atoms with E-state index in [9.17, 15) is 9.59 Å². The van der Waals surface area contributed by atoms with Crippen LogP contribution in [0.15, 0.2) is 42.5 Å². The Kier molecular flexibility index (Phi) is 4.02. The van der Waals surface area contributed by atoms with Crippen molar-refractivity contribution in [2.45, 2.75) is 6.42 Å². The number of methoxy groups -OCH3 is 2. The van der Waals surface area contributed by atoms with Gasteiger partial charge in [-0.3, -0.25) is 14.5 Å². The summed E-state index contributed by atoms with van der Waals surface area (Å²) in [4.78, 5) is 26.0. The van der Waals surface area contributed by atoms with Gasteiger partial charge in [-0.15, -0.1) is 0 Å². The minimum absolute atomic E-state index is 0.243. The summed E-state index contributed by atoms with van der Waals surface area (Å²) in [6.07, 6.45) is 0.506. The highest BCUT2D eigenvalue weighted by atomic mass is 16.5. The zero-order valence-electron chi connectivity index (χ0n) is 13.0. The second kappa shape index (κ2) is 6.12. The number of hydrogen-bond donors (Lipinski definition) is 0. The van der Waals surface area contributed by atoms with Gasteiger partial charge in [0.15, 0.2) is 11.5 Å². The van der Waals surface area contributed by atoms with Crippen LogP contribution in [0.2, 0.25) is 0 Å². The fourth-order valence-electron chi connectivity index (χ4n) is 2.83. The summed E-state index contributed by atoms with van der Waals surface area (Å²) < 4.78 is 10.7. The maximum absolute atomic E-state index is 12.4. The highest BCUT2D eigenvalue weighted by Gasteiger charge is 2.34. The molecule has 3 rings (SSSR count). The van der Waals surface area contributed by atoms with E-state index >= 15 is 0 Å². The molecular weight excluding hydrogens is 294 g/mol. The van der Waals surface area contributed by atoms with E-state index in [0.717, 1.165) is 5.56 Å². The number of rotatable bonds is 5. The molecule has 0 aromatic heterocycles. The molecular formula is C18H17NO4. The van der Waals surface area contributed by atoms with E-state index in [1.165, 1.54) is 4.90 Å². The van der Waals surface area contributed by atoms with Gasteiger partial charge >= 0.3 is 0 Å². The van der Waals surface area contributed by atoms with Gasteiger partial charge in [-0.2, -0.15) is 0 Å². The molecule has 0 unspecified atom stereocenters. The summed E-state index contributed by atoms with van der Waals surface area (Å²) in [6, 6.07) is 12.5. The lowest BCUT2D eigenvalue weighted by Gasteiger charge is -2.16. The lowest BCUT2D eigenvalue weighted by atomic mass is 10.1. The van der Waals surface area contributed by atoms with E-state index in [0.29, 0.717) is 35.6 Å². The minimum Gasteiger partial charge on any atom is -0.493 e. The molecule has 0 aliphatic carbocycles. The molecule has 0 fully saturated rings. The van der Waals surface area contributed by atoms with Crippen molar-refractivity contribution in [2.24, 2.45) is 0 Å². The van der Waals surface area contributed by atoms with Gasteiger partial charge in [-0.05, 0) is 30.2 Å². The van der Waals surface area contributed by atoms with Crippen LogP contribution < -0.4 is 9.47 Å². The van der Waals surface area contributed by atoms with E-state index in [4.69, 9.17) is 9.47 Å². The van der Waals surface area contributed by atoms with Crippen molar-refractivity contribution >= 4 is 11.8 Å². The van der Waals surface area contributed by atoms with E-state index in [1.807, 2.05) is 18.2 Å². The first kappa shape index (κ1) is 15.1. The standard InChI is InChI=1S/C18H17NO4/c1-22-15-9-5-6-12(16(15)23-2)10-11-19-17(20)13-7-3-4-8-14(13)18(19)21/h3-9H,10-11H2,1-2H3. The predicted octanol–water partition coefficient (Wildman–Crippen LogP) is 2.54. The Morgan fingerprint density at radius 1 is 0.870 bits per heavy atom. The van der Waals surface area contributed by atoms with Crippen molar-refractivity contribution in [1.29, 1.82) is 0 Å². The molecule has 0 atom stereocenters. The summed E-state index contributed by atoms with van der Waals surface area (Å²) in [5.41, 5.74) is 1.83. The summed E-state index contributed by atoms with van der Waals surface area (Å²) in [6.45, 7) is 0.301. The zero-order valence-corrected chi connectivity index (χ0v) is 13.0. The number of nitrogens with zero attached hydrogens (tertiary/aromatic N) is 1. The maximum Gasteiger partial charge on any atom is 0.261 e. The van der Waals surface area contributed by atoms with Crippen molar-refractivity contribution in [3.8, 4) is 11.5 Å². The van der Waals surface area contributed by atoms with E-state index < -0.39 is 0 Å². The van der Waals surface area contributed by atoms with Crippen molar-refractivity contribution in [3.63, 3.8) is 0 Å². The maximum atomic E-state index is 12.4. The zero-order chi connectivity index (χ0) is 16.4. The Morgan fingerprint density at radius 3 is 2.09 bits per heavy atom. The van der Waals surface area contributed by atoms with E-state index in [-0.39, 0.29) is 11.8 Å². The molecule has 0 N–H and O–H groups in total. The lowest BCUT2D eigenvalue weighted by Crippen LogP contribution is -2.31. The van der Waals surface area contributed by atoms with Gasteiger partial charge in [0.25, 0.3) is 11.8 Å². The summed E-state index contributed by atoms with van der Waals surface area (Å²) in [5.74, 6) is 0.777. The van der Waals surface area contributed by atoms with Crippen LogP contribution in [0.1, 0.15) is 26.3 Å². The van der Waals surface area contributed by atoms with Crippen LogP contribution in [0.3, 0.4) is 0 Å². The van der Waals surface area contributed by atoms with E-state index in [2.05, 4.69) is 0 Å². The molecule has 0 radical (unpaired) electrons. The predicted molar refractivity (Wildman–Crippen MR) is 85.1 cm³/mol. The summed E-state index contributed by atoms with van der Waals surface area (Å²) in [5, 5.41) is 0. The first-order chi connectivity index (χ1) is 11.2. The number of carbonyl (C=O) groups is 2. The van der Waals surface area contributed by atoms with Crippen LogP contribution in [0.25, 0.3) is 0 Å². The fourth-order valence-corrected chi connectivity index (χ4v) is 2.83. The molecule has 2 aromatic carbocycles. The third-order valence-electron chi connectivity index (χ3n) is 3.97. The largest absolute Gasteiger partial charge is 0.493 e. The van der Waals surface area contributed by atoms with Crippen molar-refractivity contribution in [1.82, 2.24) is 4.90 Å². The average Bonchev–Trinajstić information content (AvgIpc) is 2.84. The fraction of sp³-hybridized carbons (Fsp3) is 0.222. The number of imide groups is 1. The highest BCUT2D eigenvalue weighted by molar-refractivity contribution is 6.21. The Morgan fingerprint density at radius 2 is 1.52 bits per heavy atom. The molecule has 0 saturated carbocycles. The molecule has 5 heteroatoms. The summed E-state index contributed by atoms with van der Waals surface area (Å²) in [7, 11) is 3.15. The van der Waals surface area contributed by atoms with Crippen molar-refractivity contribution in [3.05, 3.63) is 59.2 Å². The number of ether oxygens (including phenoxy) is 2. The number of carbonyl (C=O) groups excluding carboxylic acids is 2. The molecule has 1 aliphatic rings.